The van der Waals surface area contributed by atoms with E-state index in [0.717, 1.165) is 22.5 Å². The van der Waals surface area contributed by atoms with Crippen LogP contribution in [-0.4, -0.2) is 73.1 Å². The Balaban J connectivity index is 1.66. The normalized spacial score (nSPS) is 21.6. The molecule has 0 aromatic heterocycles. The van der Waals surface area contributed by atoms with Crippen molar-refractivity contribution in [2.45, 2.75) is 31.2 Å². The fourth-order valence-corrected chi connectivity index (χ4v) is 5.19. The first kappa shape index (κ1) is 20.7. The summed E-state index contributed by atoms with van der Waals surface area (Å²) in [6.07, 6.45) is 0.149. The van der Waals surface area contributed by atoms with Crippen LogP contribution in [0.3, 0.4) is 0 Å². The summed E-state index contributed by atoms with van der Waals surface area (Å²) in [4.78, 5) is 26.9. The molecule has 0 saturated carbocycles. The fourth-order valence-electron chi connectivity index (χ4n) is 3.66. The number of nitrogens with zero attached hydrogens (tertiary/aromatic N) is 3. The number of piperazine rings is 1. The van der Waals surface area contributed by atoms with Crippen LogP contribution < -0.4 is 0 Å². The van der Waals surface area contributed by atoms with Crippen molar-refractivity contribution in [1.82, 2.24) is 14.1 Å². The number of hydrogen-bond acceptors (Lipinski definition) is 4. The first-order valence-corrected chi connectivity index (χ1v) is 10.6. The van der Waals surface area contributed by atoms with Gasteiger partial charge in [-0.3, -0.25) is 9.59 Å². The molecule has 28 heavy (non-hydrogen) atoms. The van der Waals surface area contributed by atoms with Gasteiger partial charge in [-0.15, -0.1) is 0 Å². The first-order valence-electron chi connectivity index (χ1n) is 9.15. The molecule has 1 aromatic rings. The Labute approximate surface area is 162 Å². The molecule has 0 radical (unpaired) electrons. The molecule has 3 rings (SSSR count). The van der Waals surface area contributed by atoms with Gasteiger partial charge in [0.15, 0.2) is 4.90 Å². The van der Waals surface area contributed by atoms with Crippen molar-refractivity contribution in [3.05, 3.63) is 29.8 Å². The molecule has 0 bridgehead atoms. The minimum Gasteiger partial charge on any atom is -0.340 e. The summed E-state index contributed by atoms with van der Waals surface area (Å²) in [5.74, 6) is -2.98. The zero-order chi connectivity index (χ0) is 20.6. The van der Waals surface area contributed by atoms with Crippen LogP contribution in [0.15, 0.2) is 23.1 Å². The van der Waals surface area contributed by atoms with E-state index in [0.29, 0.717) is 6.54 Å². The van der Waals surface area contributed by atoms with Crippen LogP contribution >= 0.6 is 0 Å². The Morgan fingerprint density at radius 3 is 2.18 bits per heavy atom. The maximum atomic E-state index is 13.9. The molecular weight excluding hydrogens is 392 g/mol. The summed E-state index contributed by atoms with van der Waals surface area (Å²) >= 11 is 0. The quantitative estimate of drug-likeness (QED) is 0.737. The molecule has 1 atom stereocenters. The second-order valence-corrected chi connectivity index (χ2v) is 9.20. The van der Waals surface area contributed by atoms with Crippen LogP contribution in [0.1, 0.15) is 20.3 Å². The first-order chi connectivity index (χ1) is 13.1. The Morgan fingerprint density at radius 2 is 1.68 bits per heavy atom. The van der Waals surface area contributed by atoms with Crippen molar-refractivity contribution in [2.24, 2.45) is 5.92 Å². The van der Waals surface area contributed by atoms with Gasteiger partial charge in [0, 0.05) is 45.2 Å². The van der Waals surface area contributed by atoms with Crippen molar-refractivity contribution in [1.29, 1.82) is 0 Å². The van der Waals surface area contributed by atoms with E-state index in [1.165, 1.54) is 4.90 Å². The van der Waals surface area contributed by atoms with Crippen LogP contribution in [0.25, 0.3) is 0 Å². The number of rotatable bonds is 4. The largest absolute Gasteiger partial charge is 0.340 e. The zero-order valence-corrected chi connectivity index (χ0v) is 16.6. The molecule has 7 nitrogen and oxygen atoms in total. The highest BCUT2D eigenvalue weighted by molar-refractivity contribution is 7.89. The van der Waals surface area contributed by atoms with Gasteiger partial charge in [0.25, 0.3) is 0 Å². The molecule has 0 aliphatic carbocycles. The number of carbonyl (C=O) groups excluding carboxylic acids is 2. The smallest absolute Gasteiger partial charge is 0.249 e. The fraction of sp³-hybridized carbons (Fsp3) is 0.556. The topological polar surface area (TPSA) is 78.0 Å². The van der Waals surface area contributed by atoms with Gasteiger partial charge in [-0.2, -0.15) is 4.31 Å². The van der Waals surface area contributed by atoms with E-state index >= 15 is 0 Å². The van der Waals surface area contributed by atoms with E-state index in [1.807, 2.05) is 13.8 Å². The number of carbonyl (C=O) groups is 2. The highest BCUT2D eigenvalue weighted by atomic mass is 32.2. The highest BCUT2D eigenvalue weighted by Crippen LogP contribution is 2.26. The molecule has 2 fully saturated rings. The van der Waals surface area contributed by atoms with Gasteiger partial charge in [0.05, 0.1) is 5.92 Å². The van der Waals surface area contributed by atoms with Crippen LogP contribution in [0.2, 0.25) is 0 Å². The van der Waals surface area contributed by atoms with Gasteiger partial charge in [0.2, 0.25) is 21.8 Å². The van der Waals surface area contributed by atoms with E-state index in [-0.39, 0.29) is 50.5 Å². The van der Waals surface area contributed by atoms with Gasteiger partial charge >= 0.3 is 0 Å². The summed E-state index contributed by atoms with van der Waals surface area (Å²) in [5, 5.41) is 0. The molecule has 2 saturated heterocycles. The molecule has 0 N–H and O–H groups in total. The maximum absolute atomic E-state index is 13.9. The number of hydrogen-bond donors (Lipinski definition) is 0. The van der Waals surface area contributed by atoms with Crippen molar-refractivity contribution in [2.75, 3.05) is 32.7 Å². The third kappa shape index (κ3) is 3.75. The molecule has 2 heterocycles. The van der Waals surface area contributed by atoms with Crippen LogP contribution in [0, 0.1) is 17.6 Å². The summed E-state index contributed by atoms with van der Waals surface area (Å²) < 4.78 is 54.0. The van der Waals surface area contributed by atoms with Crippen molar-refractivity contribution >= 4 is 21.8 Å². The Morgan fingerprint density at radius 1 is 1.11 bits per heavy atom. The molecule has 1 unspecified atom stereocenters. The van der Waals surface area contributed by atoms with E-state index in [9.17, 15) is 26.8 Å². The second-order valence-electron chi connectivity index (χ2n) is 7.32. The molecule has 0 spiro atoms. The zero-order valence-electron chi connectivity index (χ0n) is 15.8. The van der Waals surface area contributed by atoms with Gasteiger partial charge in [-0.1, -0.05) is 6.07 Å². The minimum atomic E-state index is -4.34. The number of benzene rings is 1. The number of halogens is 2. The molecular formula is C18H23F2N3O4S. The van der Waals surface area contributed by atoms with E-state index in [2.05, 4.69) is 0 Å². The number of amides is 2. The summed E-state index contributed by atoms with van der Waals surface area (Å²) in [5.41, 5.74) is 0. The maximum Gasteiger partial charge on any atom is 0.249 e. The lowest BCUT2D eigenvalue weighted by Gasteiger charge is -2.35. The van der Waals surface area contributed by atoms with E-state index < -0.39 is 32.5 Å². The average molecular weight is 415 g/mol. The van der Waals surface area contributed by atoms with Crippen LogP contribution in [0.5, 0.6) is 0 Å². The summed E-state index contributed by atoms with van der Waals surface area (Å²) in [7, 11) is -4.34. The molecule has 154 valence electrons. The summed E-state index contributed by atoms with van der Waals surface area (Å²) in [6, 6.07) is 2.91. The standard InChI is InChI=1S/C18H23F2N3O4S/c1-12(2)23-11-13(10-16(23)24)18(25)21-6-8-22(9-7-21)28(26,27)17-14(19)4-3-5-15(17)20/h3-5,12-13H,6-11H2,1-2H3. The third-order valence-corrected chi connectivity index (χ3v) is 7.15. The minimum absolute atomic E-state index is 0.0166. The summed E-state index contributed by atoms with van der Waals surface area (Å²) in [6.45, 7) is 4.23. The lowest BCUT2D eigenvalue weighted by Crippen LogP contribution is -2.52. The van der Waals surface area contributed by atoms with Crippen LogP contribution in [-0.2, 0) is 19.6 Å². The van der Waals surface area contributed by atoms with E-state index in [4.69, 9.17) is 0 Å². The van der Waals surface area contributed by atoms with Crippen molar-refractivity contribution in [3.63, 3.8) is 0 Å². The van der Waals surface area contributed by atoms with E-state index in [1.54, 1.807) is 4.90 Å². The second kappa shape index (κ2) is 7.75. The van der Waals surface area contributed by atoms with Gasteiger partial charge < -0.3 is 9.80 Å². The predicted octanol–water partition coefficient (Wildman–Crippen LogP) is 1.05. The Hall–Kier alpha value is -2.07. The third-order valence-electron chi connectivity index (χ3n) is 5.20. The highest BCUT2D eigenvalue weighted by Gasteiger charge is 2.40. The van der Waals surface area contributed by atoms with Crippen molar-refractivity contribution in [3.8, 4) is 0 Å². The van der Waals surface area contributed by atoms with Gasteiger partial charge in [-0.05, 0) is 26.0 Å². The molecule has 2 amide bonds. The Bertz CT molecular complexity index is 863. The van der Waals surface area contributed by atoms with Gasteiger partial charge in [0.1, 0.15) is 11.6 Å². The Kier molecular flexibility index (Phi) is 5.72. The molecule has 2 aliphatic heterocycles. The molecule has 2 aliphatic rings. The van der Waals surface area contributed by atoms with Crippen LogP contribution in [0.4, 0.5) is 8.78 Å². The molecule has 1 aromatic carbocycles. The SMILES string of the molecule is CC(C)N1CC(C(=O)N2CCN(S(=O)(=O)c3c(F)cccc3F)CC2)CC1=O. The lowest BCUT2D eigenvalue weighted by atomic mass is 10.1. The predicted molar refractivity (Wildman–Crippen MR) is 96.7 cm³/mol. The van der Waals surface area contributed by atoms with Crippen molar-refractivity contribution < 1.29 is 26.8 Å². The number of sulfonamides is 1. The number of likely N-dealkylation sites (tertiary alicyclic amines) is 1. The van der Waals surface area contributed by atoms with Gasteiger partial charge in [-0.25, -0.2) is 17.2 Å². The lowest BCUT2D eigenvalue weighted by molar-refractivity contribution is -0.137. The monoisotopic (exact) mass is 415 g/mol. The molecule has 10 heteroatoms. The average Bonchev–Trinajstić information content (AvgIpc) is 3.03.